The number of hydrogen-bond donors (Lipinski definition) is 1. The standard InChI is InChI=1S/C12H20N4O4/c1-4-10-11(16(18)19)12(14(3)13-10)15-5-8(2)20-9(6-15)7-17/h8-9,17H,4-7H2,1-3H3. The maximum atomic E-state index is 11.3. The number of morpholine rings is 1. The number of aliphatic hydroxyl groups excluding tert-OH is 1. The van der Waals surface area contributed by atoms with Crippen molar-refractivity contribution in [2.45, 2.75) is 32.5 Å². The van der Waals surface area contributed by atoms with Gasteiger partial charge < -0.3 is 14.7 Å². The Kier molecular flexibility index (Phi) is 4.24. The maximum Gasteiger partial charge on any atom is 0.334 e. The second-order valence-electron chi connectivity index (χ2n) is 5.01. The van der Waals surface area contributed by atoms with Gasteiger partial charge >= 0.3 is 5.69 Å². The molecule has 0 spiro atoms. The number of hydrogen-bond acceptors (Lipinski definition) is 6. The van der Waals surface area contributed by atoms with Gasteiger partial charge in [-0.25, -0.2) is 4.68 Å². The van der Waals surface area contributed by atoms with E-state index in [9.17, 15) is 15.2 Å². The Morgan fingerprint density at radius 1 is 1.55 bits per heavy atom. The van der Waals surface area contributed by atoms with E-state index < -0.39 is 0 Å². The fourth-order valence-corrected chi connectivity index (χ4v) is 2.66. The van der Waals surface area contributed by atoms with Gasteiger partial charge in [-0.2, -0.15) is 5.10 Å². The van der Waals surface area contributed by atoms with E-state index in [1.54, 1.807) is 11.7 Å². The number of aromatic nitrogens is 2. The molecule has 1 aliphatic rings. The van der Waals surface area contributed by atoms with Gasteiger partial charge in [0.05, 0.1) is 23.7 Å². The van der Waals surface area contributed by atoms with Crippen LogP contribution < -0.4 is 4.90 Å². The Hall–Kier alpha value is -1.67. The van der Waals surface area contributed by atoms with Crippen LogP contribution in [0.4, 0.5) is 11.5 Å². The average Bonchev–Trinajstić information content (AvgIpc) is 2.74. The first kappa shape index (κ1) is 14.7. The summed E-state index contributed by atoms with van der Waals surface area (Å²) in [5.74, 6) is 0.487. The van der Waals surface area contributed by atoms with Crippen LogP contribution in [0.15, 0.2) is 0 Å². The Labute approximate surface area is 117 Å². The highest BCUT2D eigenvalue weighted by molar-refractivity contribution is 5.62. The largest absolute Gasteiger partial charge is 0.394 e. The molecular weight excluding hydrogens is 264 g/mol. The Morgan fingerprint density at radius 3 is 2.80 bits per heavy atom. The van der Waals surface area contributed by atoms with Gasteiger partial charge in [-0.1, -0.05) is 6.92 Å². The Bertz CT molecular complexity index is 502. The smallest absolute Gasteiger partial charge is 0.334 e. The molecule has 2 rings (SSSR count). The van der Waals surface area contributed by atoms with Crippen LogP contribution >= 0.6 is 0 Å². The first-order chi connectivity index (χ1) is 9.47. The molecule has 0 radical (unpaired) electrons. The summed E-state index contributed by atoms with van der Waals surface area (Å²) in [7, 11) is 1.70. The lowest BCUT2D eigenvalue weighted by atomic mass is 10.2. The van der Waals surface area contributed by atoms with E-state index in [-0.39, 0.29) is 29.4 Å². The normalized spacial score (nSPS) is 23.1. The van der Waals surface area contributed by atoms with E-state index in [0.717, 1.165) is 0 Å². The molecule has 2 heterocycles. The monoisotopic (exact) mass is 284 g/mol. The van der Waals surface area contributed by atoms with Gasteiger partial charge in [0.25, 0.3) is 0 Å². The van der Waals surface area contributed by atoms with Crippen molar-refractivity contribution in [1.29, 1.82) is 0 Å². The summed E-state index contributed by atoms with van der Waals surface area (Å²) in [5, 5.41) is 24.8. The number of anilines is 1. The Morgan fingerprint density at radius 2 is 2.25 bits per heavy atom. The van der Waals surface area contributed by atoms with Gasteiger partial charge in [-0.05, 0) is 13.3 Å². The van der Waals surface area contributed by atoms with Crippen molar-refractivity contribution in [3.63, 3.8) is 0 Å². The molecule has 2 unspecified atom stereocenters. The van der Waals surface area contributed by atoms with E-state index in [1.807, 2.05) is 18.7 Å². The van der Waals surface area contributed by atoms with E-state index in [4.69, 9.17) is 4.74 Å². The molecule has 1 saturated heterocycles. The van der Waals surface area contributed by atoms with Crippen molar-refractivity contribution in [1.82, 2.24) is 9.78 Å². The molecule has 20 heavy (non-hydrogen) atoms. The van der Waals surface area contributed by atoms with E-state index >= 15 is 0 Å². The van der Waals surface area contributed by atoms with Crippen LogP contribution in [0, 0.1) is 10.1 Å². The zero-order chi connectivity index (χ0) is 14.9. The molecular formula is C12H20N4O4. The van der Waals surface area contributed by atoms with Crippen LogP contribution in [-0.2, 0) is 18.2 Å². The lowest BCUT2D eigenvalue weighted by Gasteiger charge is -2.36. The minimum absolute atomic E-state index is 0.0563. The average molecular weight is 284 g/mol. The third-order valence-electron chi connectivity index (χ3n) is 3.41. The van der Waals surface area contributed by atoms with Crippen LogP contribution in [0.3, 0.4) is 0 Å². The number of ether oxygens (including phenoxy) is 1. The summed E-state index contributed by atoms with van der Waals surface area (Å²) in [6.07, 6.45) is 0.0758. The quantitative estimate of drug-likeness (QED) is 0.638. The molecule has 0 bridgehead atoms. The van der Waals surface area contributed by atoms with Gasteiger partial charge in [0.1, 0.15) is 5.69 Å². The van der Waals surface area contributed by atoms with Gasteiger partial charge in [-0.15, -0.1) is 0 Å². The molecule has 1 aromatic heterocycles. The van der Waals surface area contributed by atoms with Gasteiger partial charge in [0, 0.05) is 20.1 Å². The van der Waals surface area contributed by atoms with Crippen LogP contribution in [0.1, 0.15) is 19.5 Å². The summed E-state index contributed by atoms with van der Waals surface area (Å²) in [6, 6.07) is 0. The van der Waals surface area contributed by atoms with Gasteiger partial charge in [-0.3, -0.25) is 10.1 Å². The zero-order valence-corrected chi connectivity index (χ0v) is 11.9. The van der Waals surface area contributed by atoms with Crippen LogP contribution in [0.5, 0.6) is 0 Å². The minimum atomic E-state index is -0.380. The first-order valence-corrected chi connectivity index (χ1v) is 6.69. The van der Waals surface area contributed by atoms with Crippen molar-refractivity contribution in [3.05, 3.63) is 15.8 Å². The van der Waals surface area contributed by atoms with Crippen LogP contribution in [0.2, 0.25) is 0 Å². The lowest BCUT2D eigenvalue weighted by Crippen LogP contribution is -2.48. The predicted molar refractivity (Wildman–Crippen MR) is 72.9 cm³/mol. The third kappa shape index (κ3) is 2.61. The van der Waals surface area contributed by atoms with E-state index in [1.165, 1.54) is 0 Å². The van der Waals surface area contributed by atoms with Crippen molar-refractivity contribution >= 4 is 11.5 Å². The molecule has 0 aromatic carbocycles. The third-order valence-corrected chi connectivity index (χ3v) is 3.41. The zero-order valence-electron chi connectivity index (χ0n) is 11.9. The fraction of sp³-hybridized carbons (Fsp3) is 0.750. The summed E-state index contributed by atoms with van der Waals surface area (Å²) >= 11 is 0. The topological polar surface area (TPSA) is 93.7 Å². The highest BCUT2D eigenvalue weighted by atomic mass is 16.6. The number of nitrogens with zero attached hydrogens (tertiary/aromatic N) is 4. The summed E-state index contributed by atoms with van der Waals surface area (Å²) in [4.78, 5) is 12.8. The minimum Gasteiger partial charge on any atom is -0.394 e. The van der Waals surface area contributed by atoms with Crippen LogP contribution in [-0.4, -0.2) is 51.7 Å². The SMILES string of the molecule is CCc1nn(C)c(N2CC(C)OC(CO)C2)c1[N+](=O)[O-]. The number of aliphatic hydroxyl groups is 1. The summed E-state index contributed by atoms with van der Waals surface area (Å²) < 4.78 is 7.11. The molecule has 0 amide bonds. The molecule has 8 nitrogen and oxygen atoms in total. The molecule has 1 fully saturated rings. The molecule has 8 heteroatoms. The van der Waals surface area contributed by atoms with Crippen molar-refractivity contribution < 1.29 is 14.8 Å². The summed E-state index contributed by atoms with van der Waals surface area (Å²) in [5.41, 5.74) is 0.535. The number of aryl methyl sites for hydroxylation is 2. The number of nitro groups is 1. The van der Waals surface area contributed by atoms with E-state index in [2.05, 4.69) is 5.10 Å². The Balaban J connectivity index is 2.40. The summed E-state index contributed by atoms with van der Waals surface area (Å²) in [6.45, 7) is 4.59. The van der Waals surface area contributed by atoms with Crippen molar-refractivity contribution in [3.8, 4) is 0 Å². The molecule has 0 saturated carbocycles. The second-order valence-corrected chi connectivity index (χ2v) is 5.01. The number of rotatable bonds is 4. The highest BCUT2D eigenvalue weighted by Gasteiger charge is 2.34. The lowest BCUT2D eigenvalue weighted by molar-refractivity contribution is -0.384. The van der Waals surface area contributed by atoms with Crippen molar-refractivity contribution in [2.75, 3.05) is 24.6 Å². The highest BCUT2D eigenvalue weighted by Crippen LogP contribution is 2.33. The molecule has 112 valence electrons. The molecule has 0 aliphatic carbocycles. The predicted octanol–water partition coefficient (Wildman–Crippen LogP) is 0.477. The van der Waals surface area contributed by atoms with E-state index in [0.29, 0.717) is 31.0 Å². The van der Waals surface area contributed by atoms with Gasteiger partial charge in [0.15, 0.2) is 0 Å². The second kappa shape index (κ2) is 5.76. The maximum absolute atomic E-state index is 11.3. The van der Waals surface area contributed by atoms with Gasteiger partial charge in [0.2, 0.25) is 5.82 Å². The first-order valence-electron chi connectivity index (χ1n) is 6.69. The molecule has 1 aromatic rings. The van der Waals surface area contributed by atoms with Crippen LogP contribution in [0.25, 0.3) is 0 Å². The molecule has 1 N–H and O–H groups in total. The van der Waals surface area contributed by atoms with Crippen molar-refractivity contribution in [2.24, 2.45) is 7.05 Å². The molecule has 1 aliphatic heterocycles. The molecule has 2 atom stereocenters. The fourth-order valence-electron chi connectivity index (χ4n) is 2.66.